The van der Waals surface area contributed by atoms with E-state index < -0.39 is 33.4 Å². The Balaban J connectivity index is 2.12. The SMILES string of the molecule is Cc1cc(C)c(C)c(S(=O)(=O)N(C2CC(=O)N(c3ccc(C(C)C)cc3)C2=O)C(C)(C)C)c1C. The van der Waals surface area contributed by atoms with E-state index in [1.807, 2.05) is 32.0 Å². The summed E-state index contributed by atoms with van der Waals surface area (Å²) in [5, 5.41) is 0. The molecule has 7 heteroatoms. The maximum atomic E-state index is 14.2. The molecular formula is C27H36N2O4S. The molecule has 0 bridgehead atoms. The van der Waals surface area contributed by atoms with Crippen LogP contribution >= 0.6 is 0 Å². The van der Waals surface area contributed by atoms with Gasteiger partial charge in [-0.25, -0.2) is 13.3 Å². The average Bonchev–Trinajstić information content (AvgIpc) is 2.98. The van der Waals surface area contributed by atoms with Crippen molar-refractivity contribution in [1.29, 1.82) is 0 Å². The van der Waals surface area contributed by atoms with E-state index in [1.165, 1.54) is 4.31 Å². The van der Waals surface area contributed by atoms with Gasteiger partial charge in [0.1, 0.15) is 6.04 Å². The molecule has 1 unspecified atom stereocenters. The van der Waals surface area contributed by atoms with Crippen molar-refractivity contribution in [3.63, 3.8) is 0 Å². The molecule has 1 fully saturated rings. The first-order valence-corrected chi connectivity index (χ1v) is 13.1. The van der Waals surface area contributed by atoms with Gasteiger partial charge in [-0.3, -0.25) is 9.59 Å². The number of nitrogens with zero attached hydrogens (tertiary/aromatic N) is 2. The number of hydrogen-bond donors (Lipinski definition) is 0. The Morgan fingerprint density at radius 3 is 1.88 bits per heavy atom. The van der Waals surface area contributed by atoms with E-state index in [-0.39, 0.29) is 11.3 Å². The number of amides is 2. The number of rotatable bonds is 5. The maximum absolute atomic E-state index is 14.2. The van der Waals surface area contributed by atoms with E-state index in [0.717, 1.165) is 21.6 Å². The lowest BCUT2D eigenvalue weighted by atomic mass is 10.0. The molecule has 3 rings (SSSR count). The Labute approximate surface area is 204 Å². The van der Waals surface area contributed by atoms with Crippen LogP contribution < -0.4 is 4.90 Å². The predicted molar refractivity (Wildman–Crippen MR) is 136 cm³/mol. The van der Waals surface area contributed by atoms with E-state index in [2.05, 4.69) is 13.8 Å². The number of sulfonamides is 1. The quantitative estimate of drug-likeness (QED) is 0.549. The second-order valence-corrected chi connectivity index (χ2v) is 12.3. The normalized spacial score (nSPS) is 17.4. The molecule has 2 amide bonds. The molecule has 1 aliphatic heterocycles. The van der Waals surface area contributed by atoms with E-state index in [4.69, 9.17) is 0 Å². The summed E-state index contributed by atoms with van der Waals surface area (Å²) < 4.78 is 29.6. The van der Waals surface area contributed by atoms with Gasteiger partial charge in [0.25, 0.3) is 5.91 Å². The van der Waals surface area contributed by atoms with Crippen LogP contribution in [0, 0.1) is 27.7 Å². The molecule has 1 heterocycles. The summed E-state index contributed by atoms with van der Waals surface area (Å²) in [6.45, 7) is 16.8. The standard InChI is InChI=1S/C27H36N2O4S/c1-16(2)21-10-12-22(13-11-21)28-24(30)15-23(26(28)31)29(27(7,8)9)34(32,33)25-19(5)17(3)14-18(4)20(25)6/h10-14,16,23H,15H2,1-9H3. The molecule has 1 atom stereocenters. The zero-order valence-electron chi connectivity index (χ0n) is 21.7. The Morgan fingerprint density at radius 1 is 0.941 bits per heavy atom. The summed E-state index contributed by atoms with van der Waals surface area (Å²) in [5.41, 5.74) is 3.71. The van der Waals surface area contributed by atoms with E-state index in [9.17, 15) is 18.0 Å². The topological polar surface area (TPSA) is 74.8 Å². The monoisotopic (exact) mass is 484 g/mol. The van der Waals surface area contributed by atoms with Gasteiger partial charge in [0, 0.05) is 5.54 Å². The summed E-state index contributed by atoms with van der Waals surface area (Å²) in [6.07, 6.45) is -0.190. The van der Waals surface area contributed by atoms with Gasteiger partial charge in [0.05, 0.1) is 17.0 Å². The second-order valence-electron chi connectivity index (χ2n) is 10.6. The van der Waals surface area contributed by atoms with Gasteiger partial charge in [-0.05, 0) is 94.3 Å². The highest BCUT2D eigenvalue weighted by Gasteiger charge is 2.51. The Morgan fingerprint density at radius 2 is 1.44 bits per heavy atom. The highest BCUT2D eigenvalue weighted by Crippen LogP contribution is 2.37. The van der Waals surface area contributed by atoms with Gasteiger partial charge in [0.2, 0.25) is 15.9 Å². The van der Waals surface area contributed by atoms with E-state index in [0.29, 0.717) is 22.7 Å². The molecule has 2 aromatic carbocycles. The van der Waals surface area contributed by atoms with Gasteiger partial charge in [-0.15, -0.1) is 0 Å². The van der Waals surface area contributed by atoms with Gasteiger partial charge < -0.3 is 0 Å². The first-order valence-electron chi connectivity index (χ1n) is 11.7. The minimum absolute atomic E-state index is 0.190. The molecule has 0 spiro atoms. The van der Waals surface area contributed by atoms with Crippen molar-refractivity contribution in [1.82, 2.24) is 4.31 Å². The fourth-order valence-electron chi connectivity index (χ4n) is 4.74. The van der Waals surface area contributed by atoms with Crippen LogP contribution in [0.25, 0.3) is 0 Å². The Kier molecular flexibility index (Phi) is 6.86. The smallest absolute Gasteiger partial charge is 0.252 e. The summed E-state index contributed by atoms with van der Waals surface area (Å²) >= 11 is 0. The number of carbonyl (C=O) groups excluding carboxylic acids is 2. The lowest BCUT2D eigenvalue weighted by Crippen LogP contribution is -2.54. The first-order chi connectivity index (χ1) is 15.6. The van der Waals surface area contributed by atoms with Crippen molar-refractivity contribution in [2.75, 3.05) is 4.90 Å². The number of benzene rings is 2. The van der Waals surface area contributed by atoms with E-state index in [1.54, 1.807) is 46.8 Å². The lowest BCUT2D eigenvalue weighted by molar-refractivity contribution is -0.122. The molecule has 1 aliphatic rings. The van der Waals surface area contributed by atoms with Crippen LogP contribution in [-0.2, 0) is 19.6 Å². The van der Waals surface area contributed by atoms with Gasteiger partial charge in [0.15, 0.2) is 0 Å². The molecule has 0 radical (unpaired) electrons. The molecule has 184 valence electrons. The third kappa shape index (κ3) is 4.43. The fourth-order valence-corrected chi connectivity index (χ4v) is 7.25. The van der Waals surface area contributed by atoms with Crippen molar-refractivity contribution in [3.05, 3.63) is 58.1 Å². The van der Waals surface area contributed by atoms with Gasteiger partial charge >= 0.3 is 0 Å². The lowest BCUT2D eigenvalue weighted by Gasteiger charge is -2.38. The highest BCUT2D eigenvalue weighted by atomic mass is 32.2. The van der Waals surface area contributed by atoms with Crippen molar-refractivity contribution < 1.29 is 18.0 Å². The molecule has 0 aromatic heterocycles. The first kappa shape index (κ1) is 26.1. The van der Waals surface area contributed by atoms with Crippen LogP contribution in [0.1, 0.15) is 74.8 Å². The summed E-state index contributed by atoms with van der Waals surface area (Å²) in [4.78, 5) is 28.0. The summed E-state index contributed by atoms with van der Waals surface area (Å²) in [7, 11) is -4.09. The maximum Gasteiger partial charge on any atom is 0.252 e. The zero-order chi connectivity index (χ0) is 25.7. The van der Waals surface area contributed by atoms with Crippen LogP contribution in [0.2, 0.25) is 0 Å². The molecule has 1 saturated heterocycles. The molecule has 34 heavy (non-hydrogen) atoms. The second kappa shape index (κ2) is 8.93. The zero-order valence-corrected chi connectivity index (χ0v) is 22.5. The van der Waals surface area contributed by atoms with Crippen molar-refractivity contribution >= 4 is 27.5 Å². The average molecular weight is 485 g/mol. The van der Waals surface area contributed by atoms with Crippen molar-refractivity contribution in [2.24, 2.45) is 0 Å². The number of anilines is 1. The van der Waals surface area contributed by atoms with E-state index >= 15 is 0 Å². The largest absolute Gasteiger partial charge is 0.274 e. The van der Waals surface area contributed by atoms with Crippen LogP contribution in [0.4, 0.5) is 5.69 Å². The Hall–Kier alpha value is -2.51. The molecule has 2 aromatic rings. The van der Waals surface area contributed by atoms with Crippen LogP contribution in [-0.4, -0.2) is 36.1 Å². The summed E-state index contributed by atoms with van der Waals surface area (Å²) in [5.74, 6) is -0.594. The van der Waals surface area contributed by atoms with Crippen LogP contribution in [0.3, 0.4) is 0 Å². The van der Waals surface area contributed by atoms with Gasteiger partial charge in [-0.2, -0.15) is 4.31 Å². The highest BCUT2D eigenvalue weighted by molar-refractivity contribution is 7.89. The number of aryl methyl sites for hydroxylation is 2. The predicted octanol–water partition coefficient (Wildman–Crippen LogP) is 5.16. The molecule has 0 N–H and O–H groups in total. The Bertz CT molecular complexity index is 1210. The fraction of sp³-hybridized carbons (Fsp3) is 0.481. The van der Waals surface area contributed by atoms with Crippen LogP contribution in [0.5, 0.6) is 0 Å². The van der Waals surface area contributed by atoms with Gasteiger partial charge in [-0.1, -0.05) is 32.0 Å². The van der Waals surface area contributed by atoms with Crippen molar-refractivity contribution in [2.45, 2.75) is 91.1 Å². The minimum Gasteiger partial charge on any atom is -0.274 e. The van der Waals surface area contributed by atoms with Crippen LogP contribution in [0.15, 0.2) is 35.2 Å². The number of carbonyl (C=O) groups is 2. The van der Waals surface area contributed by atoms with Crippen molar-refractivity contribution in [3.8, 4) is 0 Å². The molecule has 0 aliphatic carbocycles. The third-order valence-corrected chi connectivity index (χ3v) is 9.15. The third-order valence-electron chi connectivity index (χ3n) is 6.70. The number of hydrogen-bond acceptors (Lipinski definition) is 4. The molecular weight excluding hydrogens is 448 g/mol. The molecule has 0 saturated carbocycles. The molecule has 6 nitrogen and oxygen atoms in total. The summed E-state index contributed by atoms with van der Waals surface area (Å²) in [6, 6.07) is 8.16. The minimum atomic E-state index is -4.09. The number of imide groups is 1.